The average molecular weight is 207 g/mol. The zero-order chi connectivity index (χ0) is 8.04. The van der Waals surface area contributed by atoms with E-state index < -0.39 is 13.6 Å². The molecule has 0 aromatic carbocycles. The zero-order valence-electron chi connectivity index (χ0n) is 7.43. The molecule has 0 bridgehead atoms. The van der Waals surface area contributed by atoms with Crippen LogP contribution in [0.3, 0.4) is 0 Å². The number of aliphatic hydroxyl groups excluding tert-OH is 1. The Bertz CT molecular complexity index is 71.1. The molecule has 0 fully saturated rings. The van der Waals surface area contributed by atoms with E-state index in [1.54, 1.807) is 0 Å². The minimum atomic E-state index is -1.30. The van der Waals surface area contributed by atoms with Gasteiger partial charge in [0.15, 0.2) is 0 Å². The Kier molecular flexibility index (Phi) is 5.48. The molecule has 0 radical (unpaired) electrons. The number of hydrogen-bond donors (Lipinski definition) is 1. The maximum absolute atomic E-state index is 8.84. The predicted octanol–water partition coefficient (Wildman–Crippen LogP) is 2.49. The zero-order valence-corrected chi connectivity index (χ0v) is 9.31. The summed E-state index contributed by atoms with van der Waals surface area (Å²) in [5.41, 5.74) is 0. The molecule has 0 atom stereocenters. The minimum absolute atomic E-state index is 0.419. The Labute approximate surface area is 67.3 Å². The van der Waals surface area contributed by atoms with Crippen molar-refractivity contribution in [1.82, 2.24) is 0 Å². The van der Waals surface area contributed by atoms with Crippen LogP contribution in [0.1, 0.15) is 20.8 Å². The van der Waals surface area contributed by atoms with Gasteiger partial charge < -0.3 is 0 Å². The fraction of sp³-hybridized carbons (Fsp3) is 1.00. The summed E-state index contributed by atoms with van der Waals surface area (Å²) in [6, 6.07) is 0. The average Bonchev–Trinajstić information content (AvgIpc) is 2.01. The molecule has 0 aliphatic carbocycles. The Hall–Kier alpha value is 0.518. The third kappa shape index (κ3) is 2.63. The monoisotopic (exact) mass is 207 g/mol. The van der Waals surface area contributed by atoms with Gasteiger partial charge in [-0.1, -0.05) is 0 Å². The molecule has 0 saturated carbocycles. The van der Waals surface area contributed by atoms with Gasteiger partial charge in [-0.2, -0.15) is 0 Å². The van der Waals surface area contributed by atoms with E-state index in [0.717, 1.165) is 5.21 Å². The normalized spacial score (nSPS) is 12.0. The van der Waals surface area contributed by atoms with Crippen molar-refractivity contribution >= 4 is 13.6 Å². The first kappa shape index (κ1) is 10.5. The molecule has 0 unspecified atom stereocenters. The second-order valence-electron chi connectivity index (χ2n) is 2.74. The van der Waals surface area contributed by atoms with Gasteiger partial charge in [0.25, 0.3) is 0 Å². The Morgan fingerprint density at radius 3 is 1.50 bits per heavy atom. The Morgan fingerprint density at radius 1 is 1.00 bits per heavy atom. The number of rotatable bonds is 5. The second-order valence-corrected chi connectivity index (χ2v) is 13.3. The van der Waals surface area contributed by atoms with E-state index in [1.165, 1.54) is 15.6 Å². The summed E-state index contributed by atoms with van der Waals surface area (Å²) in [7, 11) is 0. The van der Waals surface area contributed by atoms with Crippen LogP contribution in [0.2, 0.25) is 20.8 Å². The summed E-state index contributed by atoms with van der Waals surface area (Å²) < 4.78 is 0. The molecule has 0 rings (SSSR count). The van der Waals surface area contributed by atoms with E-state index in [4.69, 9.17) is 5.11 Å². The van der Waals surface area contributed by atoms with Gasteiger partial charge in [-0.25, -0.2) is 0 Å². The molecule has 1 nitrogen and oxygen atoms in total. The molecule has 10 heavy (non-hydrogen) atoms. The van der Waals surface area contributed by atoms with Gasteiger partial charge in [0.1, 0.15) is 0 Å². The van der Waals surface area contributed by atoms with E-state index in [-0.39, 0.29) is 0 Å². The molecule has 0 aliphatic rings. The first-order chi connectivity index (χ1) is 4.74. The standard InChI is InChI=1S/C8H20AsO/c1-4-9(5-2,6-3)7-8-10/h10H,4-8H2,1-3H3/q+1. The van der Waals surface area contributed by atoms with Crippen molar-refractivity contribution in [3.8, 4) is 0 Å². The maximum atomic E-state index is 8.84. The predicted molar refractivity (Wildman–Crippen MR) is 49.1 cm³/mol. The summed E-state index contributed by atoms with van der Waals surface area (Å²) in [5, 5.41) is 14.1. The van der Waals surface area contributed by atoms with Gasteiger partial charge in [-0.15, -0.1) is 0 Å². The summed E-state index contributed by atoms with van der Waals surface area (Å²) in [6.07, 6.45) is 0. The van der Waals surface area contributed by atoms with Crippen LogP contribution in [0.5, 0.6) is 0 Å². The van der Waals surface area contributed by atoms with Crippen molar-refractivity contribution < 1.29 is 5.11 Å². The number of hydrogen-bond acceptors (Lipinski definition) is 1. The van der Waals surface area contributed by atoms with Crippen molar-refractivity contribution in [3.05, 3.63) is 0 Å². The third-order valence-corrected chi connectivity index (χ3v) is 13.4. The second kappa shape index (κ2) is 5.21. The molecule has 0 aromatic rings. The van der Waals surface area contributed by atoms with Crippen molar-refractivity contribution in [2.75, 3.05) is 6.61 Å². The third-order valence-electron chi connectivity index (χ3n) is 2.59. The van der Waals surface area contributed by atoms with E-state index in [1.807, 2.05) is 0 Å². The fourth-order valence-corrected chi connectivity index (χ4v) is 7.05. The molecule has 2 heteroatoms. The van der Waals surface area contributed by atoms with Gasteiger partial charge in [-0.3, -0.25) is 0 Å². The van der Waals surface area contributed by atoms with Crippen molar-refractivity contribution in [2.24, 2.45) is 0 Å². The van der Waals surface area contributed by atoms with Gasteiger partial charge in [0.05, 0.1) is 0 Å². The molecule has 0 aromatic heterocycles. The topological polar surface area (TPSA) is 20.2 Å². The summed E-state index contributed by atoms with van der Waals surface area (Å²) in [4.78, 5) is 0. The molecular formula is C8H20AsO+. The molecule has 1 N–H and O–H groups in total. The molecule has 0 amide bonds. The van der Waals surface area contributed by atoms with Crippen LogP contribution in [0, 0.1) is 0 Å². The SMILES string of the molecule is CC[As+](CC)(CC)CCO. The molecule has 0 aliphatic heterocycles. The fourth-order valence-electron chi connectivity index (χ4n) is 1.36. The van der Waals surface area contributed by atoms with Crippen molar-refractivity contribution in [2.45, 2.75) is 41.6 Å². The molecule has 0 heterocycles. The van der Waals surface area contributed by atoms with Crippen molar-refractivity contribution in [3.63, 3.8) is 0 Å². The van der Waals surface area contributed by atoms with Gasteiger partial charge in [-0.05, 0) is 0 Å². The quantitative estimate of drug-likeness (QED) is 0.686. The van der Waals surface area contributed by atoms with Gasteiger partial charge in [0.2, 0.25) is 0 Å². The van der Waals surface area contributed by atoms with E-state index in [0.29, 0.717) is 6.61 Å². The summed E-state index contributed by atoms with van der Waals surface area (Å²) in [5.74, 6) is 0. The number of aliphatic hydroxyl groups is 1. The first-order valence-corrected chi connectivity index (χ1v) is 9.51. The molecular weight excluding hydrogens is 187 g/mol. The van der Waals surface area contributed by atoms with Crippen LogP contribution in [0.25, 0.3) is 0 Å². The van der Waals surface area contributed by atoms with Crippen LogP contribution in [0.15, 0.2) is 0 Å². The van der Waals surface area contributed by atoms with E-state index in [9.17, 15) is 0 Å². The molecule has 0 saturated heterocycles. The summed E-state index contributed by atoms with van der Waals surface area (Å²) >= 11 is -1.30. The van der Waals surface area contributed by atoms with E-state index >= 15 is 0 Å². The van der Waals surface area contributed by atoms with Crippen LogP contribution >= 0.6 is 0 Å². The van der Waals surface area contributed by atoms with E-state index in [2.05, 4.69) is 20.8 Å². The molecule has 62 valence electrons. The Balaban J connectivity index is 3.87. The van der Waals surface area contributed by atoms with Crippen LogP contribution in [0.4, 0.5) is 0 Å². The molecule has 0 spiro atoms. The van der Waals surface area contributed by atoms with Gasteiger partial charge >= 0.3 is 66.9 Å². The van der Waals surface area contributed by atoms with Crippen LogP contribution < -0.4 is 0 Å². The van der Waals surface area contributed by atoms with Gasteiger partial charge in [0, 0.05) is 0 Å². The Morgan fingerprint density at radius 2 is 1.40 bits per heavy atom. The van der Waals surface area contributed by atoms with Crippen LogP contribution in [-0.4, -0.2) is 25.3 Å². The first-order valence-electron chi connectivity index (χ1n) is 4.20. The summed E-state index contributed by atoms with van der Waals surface area (Å²) in [6.45, 7) is 7.28. The van der Waals surface area contributed by atoms with Crippen molar-refractivity contribution in [1.29, 1.82) is 0 Å². The van der Waals surface area contributed by atoms with Crippen LogP contribution in [-0.2, 0) is 0 Å².